The zero-order chi connectivity index (χ0) is 12.7. The van der Waals surface area contributed by atoms with Crippen LogP contribution in [0.25, 0.3) is 6.08 Å². The van der Waals surface area contributed by atoms with E-state index in [2.05, 4.69) is 78.3 Å². The third-order valence-corrected chi connectivity index (χ3v) is 4.64. The number of hydrogen-bond donors (Lipinski definition) is 0. The van der Waals surface area contributed by atoms with Crippen molar-refractivity contribution in [1.29, 1.82) is 0 Å². The largest absolute Gasteiger partial charge is 0.0720 e. The first kappa shape index (κ1) is 11.7. The molecule has 0 aliphatic heterocycles. The van der Waals surface area contributed by atoms with Gasteiger partial charge in [0.25, 0.3) is 0 Å². The van der Waals surface area contributed by atoms with E-state index in [1.165, 1.54) is 32.3 Å². The molecule has 0 saturated heterocycles. The molecule has 1 atom stereocenters. The topological polar surface area (TPSA) is 0 Å². The number of rotatable bonds is 1. The first-order valence-electron chi connectivity index (χ1n) is 6.21. The molecule has 3 rings (SSSR count). The lowest BCUT2D eigenvalue weighted by Crippen LogP contribution is -2.02. The van der Waals surface area contributed by atoms with E-state index >= 15 is 0 Å². The van der Waals surface area contributed by atoms with Crippen LogP contribution < -0.4 is 0 Å². The van der Waals surface area contributed by atoms with Gasteiger partial charge >= 0.3 is 0 Å². The Kier molecular flexibility index (Phi) is 2.87. The second kappa shape index (κ2) is 4.40. The van der Waals surface area contributed by atoms with Gasteiger partial charge in [-0.1, -0.05) is 58.4 Å². The fourth-order valence-corrected chi connectivity index (χ4v) is 3.16. The molecule has 0 saturated carbocycles. The summed E-state index contributed by atoms with van der Waals surface area (Å²) < 4.78 is 1.20. The quantitative estimate of drug-likeness (QED) is 0.677. The molecule has 18 heavy (non-hydrogen) atoms. The minimum atomic E-state index is 0.402. The first-order chi connectivity index (χ1) is 8.68. The molecule has 0 radical (unpaired) electrons. The molecule has 1 unspecified atom stereocenters. The van der Waals surface area contributed by atoms with E-state index in [0.717, 1.165) is 0 Å². The van der Waals surface area contributed by atoms with Gasteiger partial charge in [-0.15, -0.1) is 0 Å². The van der Waals surface area contributed by atoms with Gasteiger partial charge in [-0.25, -0.2) is 0 Å². The Balaban J connectivity index is 2.19. The standard InChI is InChI=1S/C17H15Br/c1-11-7-10-16(18)12(2)17(11)15-9-8-13-5-3-4-6-14(13)15/h3-10,15H,1-2H3. The number of aryl methyl sites for hydroxylation is 1. The molecular weight excluding hydrogens is 284 g/mol. The summed E-state index contributed by atoms with van der Waals surface area (Å²) in [6.45, 7) is 4.39. The fourth-order valence-electron chi connectivity index (χ4n) is 2.82. The number of fused-ring (bicyclic) bond motifs is 1. The first-order valence-corrected chi connectivity index (χ1v) is 7.00. The van der Waals surface area contributed by atoms with Crippen LogP contribution in [0, 0.1) is 13.8 Å². The third kappa shape index (κ3) is 1.74. The summed E-state index contributed by atoms with van der Waals surface area (Å²) in [7, 11) is 0. The second-order valence-electron chi connectivity index (χ2n) is 4.87. The normalized spacial score (nSPS) is 16.9. The van der Waals surface area contributed by atoms with Gasteiger partial charge < -0.3 is 0 Å². The van der Waals surface area contributed by atoms with Crippen LogP contribution >= 0.6 is 15.9 Å². The Morgan fingerprint density at radius 1 is 1.00 bits per heavy atom. The van der Waals surface area contributed by atoms with Crippen LogP contribution in [0.3, 0.4) is 0 Å². The highest BCUT2D eigenvalue weighted by Gasteiger charge is 2.22. The Labute approximate surface area is 116 Å². The van der Waals surface area contributed by atoms with Gasteiger partial charge in [0, 0.05) is 10.4 Å². The highest BCUT2D eigenvalue weighted by atomic mass is 79.9. The maximum Gasteiger partial charge on any atom is 0.0284 e. The molecule has 0 spiro atoms. The van der Waals surface area contributed by atoms with E-state index < -0.39 is 0 Å². The van der Waals surface area contributed by atoms with Crippen LogP contribution in [0.5, 0.6) is 0 Å². The zero-order valence-electron chi connectivity index (χ0n) is 10.6. The maximum absolute atomic E-state index is 3.64. The van der Waals surface area contributed by atoms with E-state index in [4.69, 9.17) is 0 Å². The Hall–Kier alpha value is -1.34. The number of hydrogen-bond acceptors (Lipinski definition) is 0. The SMILES string of the molecule is Cc1ccc(Br)c(C)c1C1C=Cc2ccccc21. The molecule has 90 valence electrons. The molecule has 0 fully saturated rings. The average molecular weight is 299 g/mol. The van der Waals surface area contributed by atoms with Crippen molar-refractivity contribution < 1.29 is 0 Å². The number of allylic oxidation sites excluding steroid dienone is 1. The Morgan fingerprint density at radius 2 is 1.78 bits per heavy atom. The van der Waals surface area contributed by atoms with Crippen molar-refractivity contribution in [3.8, 4) is 0 Å². The molecule has 1 aliphatic rings. The van der Waals surface area contributed by atoms with Crippen LogP contribution in [0.4, 0.5) is 0 Å². The van der Waals surface area contributed by atoms with Gasteiger partial charge in [-0.05, 0) is 47.7 Å². The van der Waals surface area contributed by atoms with Crippen molar-refractivity contribution in [2.75, 3.05) is 0 Å². The molecule has 0 N–H and O–H groups in total. The summed E-state index contributed by atoms with van der Waals surface area (Å²) in [5.74, 6) is 0.402. The highest BCUT2D eigenvalue weighted by Crippen LogP contribution is 2.39. The predicted molar refractivity (Wildman–Crippen MR) is 80.9 cm³/mol. The fraction of sp³-hybridized carbons (Fsp3) is 0.176. The smallest absolute Gasteiger partial charge is 0.0284 e. The predicted octanol–water partition coefficient (Wildman–Crippen LogP) is 5.22. The third-order valence-electron chi connectivity index (χ3n) is 3.78. The monoisotopic (exact) mass is 298 g/mol. The van der Waals surface area contributed by atoms with Gasteiger partial charge in [0.1, 0.15) is 0 Å². The van der Waals surface area contributed by atoms with E-state index in [0.29, 0.717) is 5.92 Å². The number of benzene rings is 2. The Bertz CT molecular complexity index is 638. The summed E-state index contributed by atoms with van der Waals surface area (Å²) in [5.41, 5.74) is 6.91. The van der Waals surface area contributed by atoms with Crippen molar-refractivity contribution in [2.24, 2.45) is 0 Å². The van der Waals surface area contributed by atoms with Crippen LogP contribution in [-0.4, -0.2) is 0 Å². The average Bonchev–Trinajstić information content (AvgIpc) is 2.79. The summed E-state index contributed by atoms with van der Waals surface area (Å²) in [4.78, 5) is 0. The Morgan fingerprint density at radius 3 is 2.61 bits per heavy atom. The van der Waals surface area contributed by atoms with Gasteiger partial charge in [0.05, 0.1) is 0 Å². The molecule has 1 heteroatoms. The minimum Gasteiger partial charge on any atom is -0.0720 e. The van der Waals surface area contributed by atoms with Gasteiger partial charge in [-0.2, -0.15) is 0 Å². The van der Waals surface area contributed by atoms with E-state index in [1.807, 2.05) is 0 Å². The lowest BCUT2D eigenvalue weighted by atomic mass is 9.87. The minimum absolute atomic E-state index is 0.402. The van der Waals surface area contributed by atoms with Crippen molar-refractivity contribution in [2.45, 2.75) is 19.8 Å². The molecule has 0 amide bonds. The summed E-state index contributed by atoms with van der Waals surface area (Å²) in [5, 5.41) is 0. The highest BCUT2D eigenvalue weighted by molar-refractivity contribution is 9.10. The lowest BCUT2D eigenvalue weighted by molar-refractivity contribution is 1.00. The van der Waals surface area contributed by atoms with Crippen LogP contribution in [-0.2, 0) is 0 Å². The molecule has 0 bridgehead atoms. The lowest BCUT2D eigenvalue weighted by Gasteiger charge is -2.18. The van der Waals surface area contributed by atoms with Gasteiger partial charge in [-0.3, -0.25) is 0 Å². The summed E-state index contributed by atoms with van der Waals surface area (Å²) in [6.07, 6.45) is 4.55. The van der Waals surface area contributed by atoms with E-state index in [9.17, 15) is 0 Å². The van der Waals surface area contributed by atoms with Crippen molar-refractivity contribution in [3.05, 3.63) is 74.8 Å². The number of halogens is 1. The van der Waals surface area contributed by atoms with E-state index in [1.54, 1.807) is 0 Å². The van der Waals surface area contributed by atoms with Crippen molar-refractivity contribution in [3.63, 3.8) is 0 Å². The summed E-state index contributed by atoms with van der Waals surface area (Å²) in [6, 6.07) is 13.0. The van der Waals surface area contributed by atoms with Crippen LogP contribution in [0.1, 0.15) is 33.7 Å². The van der Waals surface area contributed by atoms with E-state index in [-0.39, 0.29) is 0 Å². The maximum atomic E-state index is 3.64. The molecule has 0 nitrogen and oxygen atoms in total. The second-order valence-corrected chi connectivity index (χ2v) is 5.72. The molecule has 0 aromatic heterocycles. The summed E-state index contributed by atoms with van der Waals surface area (Å²) >= 11 is 3.64. The molecule has 1 aliphatic carbocycles. The molecule has 2 aromatic carbocycles. The molecular formula is C17H15Br. The zero-order valence-corrected chi connectivity index (χ0v) is 12.2. The molecule has 2 aromatic rings. The van der Waals surface area contributed by atoms with Crippen LogP contribution in [0.15, 0.2) is 46.9 Å². The van der Waals surface area contributed by atoms with Crippen molar-refractivity contribution >= 4 is 22.0 Å². The molecule has 0 heterocycles. The van der Waals surface area contributed by atoms with Crippen molar-refractivity contribution in [1.82, 2.24) is 0 Å². The van der Waals surface area contributed by atoms with Crippen LogP contribution in [0.2, 0.25) is 0 Å². The van der Waals surface area contributed by atoms with Gasteiger partial charge in [0.15, 0.2) is 0 Å². The van der Waals surface area contributed by atoms with Gasteiger partial charge in [0.2, 0.25) is 0 Å².